The molecule has 0 saturated carbocycles. The highest BCUT2D eigenvalue weighted by molar-refractivity contribution is 5.72. The minimum atomic E-state index is -0.248. The molecule has 0 saturated heterocycles. The molecular weight excluding hydrogens is 233 g/mol. The first-order valence-corrected chi connectivity index (χ1v) is 6.05. The van der Waals surface area contributed by atoms with Crippen molar-refractivity contribution < 1.29 is 13.9 Å². The minimum absolute atomic E-state index is 0.0162. The fourth-order valence-electron chi connectivity index (χ4n) is 1.78. The normalized spacial score (nSPS) is 15.8. The summed E-state index contributed by atoms with van der Waals surface area (Å²) in [4.78, 5) is 11.4. The number of methoxy groups -OCH3 is 1. The molecule has 18 heavy (non-hydrogen) atoms. The Bertz CT molecular complexity index is 391. The standard InChI is InChI=1S/C14H20FNO2/c1-9(14(17)18-4)10(2)16-11(3)12-5-7-13(15)8-6-12/h5-11,16H,1-4H3/t9?,10?,11-/m0/s1. The highest BCUT2D eigenvalue weighted by atomic mass is 19.1. The van der Waals surface area contributed by atoms with E-state index in [-0.39, 0.29) is 29.8 Å². The van der Waals surface area contributed by atoms with Crippen LogP contribution >= 0.6 is 0 Å². The van der Waals surface area contributed by atoms with E-state index < -0.39 is 0 Å². The summed E-state index contributed by atoms with van der Waals surface area (Å²) < 4.78 is 17.5. The van der Waals surface area contributed by atoms with Crippen molar-refractivity contribution in [1.82, 2.24) is 5.32 Å². The van der Waals surface area contributed by atoms with E-state index in [2.05, 4.69) is 5.32 Å². The summed E-state index contributed by atoms with van der Waals surface area (Å²) >= 11 is 0. The van der Waals surface area contributed by atoms with Crippen LogP contribution in [0.5, 0.6) is 0 Å². The van der Waals surface area contributed by atoms with Crippen molar-refractivity contribution in [3.05, 3.63) is 35.6 Å². The molecule has 0 radical (unpaired) electrons. The molecule has 0 fully saturated rings. The Balaban J connectivity index is 2.61. The van der Waals surface area contributed by atoms with E-state index in [1.165, 1.54) is 19.2 Å². The molecule has 0 heterocycles. The maximum absolute atomic E-state index is 12.8. The molecule has 3 nitrogen and oxygen atoms in total. The predicted molar refractivity (Wildman–Crippen MR) is 68.6 cm³/mol. The molecule has 100 valence electrons. The number of esters is 1. The molecule has 0 aliphatic heterocycles. The Morgan fingerprint density at radius 2 is 1.78 bits per heavy atom. The molecule has 1 N–H and O–H groups in total. The SMILES string of the molecule is COC(=O)C(C)C(C)N[C@@H](C)c1ccc(F)cc1. The van der Waals surface area contributed by atoms with Crippen LogP contribution in [0.4, 0.5) is 4.39 Å². The third-order valence-corrected chi connectivity index (χ3v) is 3.21. The van der Waals surface area contributed by atoms with Crippen LogP contribution in [-0.4, -0.2) is 19.1 Å². The molecular formula is C14H20FNO2. The van der Waals surface area contributed by atoms with Gasteiger partial charge in [0, 0.05) is 12.1 Å². The van der Waals surface area contributed by atoms with Gasteiger partial charge < -0.3 is 10.1 Å². The van der Waals surface area contributed by atoms with Gasteiger partial charge in [-0.05, 0) is 31.5 Å². The van der Waals surface area contributed by atoms with Crippen molar-refractivity contribution in [1.29, 1.82) is 0 Å². The van der Waals surface area contributed by atoms with Crippen molar-refractivity contribution in [3.8, 4) is 0 Å². The molecule has 1 aromatic rings. The van der Waals surface area contributed by atoms with E-state index in [1.54, 1.807) is 12.1 Å². The highest BCUT2D eigenvalue weighted by Crippen LogP contribution is 2.16. The summed E-state index contributed by atoms with van der Waals surface area (Å²) in [6.45, 7) is 5.73. The van der Waals surface area contributed by atoms with Crippen molar-refractivity contribution in [2.45, 2.75) is 32.9 Å². The molecule has 0 amide bonds. The summed E-state index contributed by atoms with van der Waals surface area (Å²) in [5.41, 5.74) is 0.986. The first-order chi connectivity index (χ1) is 8.45. The lowest BCUT2D eigenvalue weighted by Crippen LogP contribution is -2.38. The third kappa shape index (κ3) is 3.81. The van der Waals surface area contributed by atoms with E-state index in [9.17, 15) is 9.18 Å². The lowest BCUT2D eigenvalue weighted by molar-refractivity contribution is -0.145. The second kappa shape index (κ2) is 6.50. The molecule has 3 atom stereocenters. The van der Waals surface area contributed by atoms with Crippen LogP contribution in [0, 0.1) is 11.7 Å². The Morgan fingerprint density at radius 1 is 1.22 bits per heavy atom. The minimum Gasteiger partial charge on any atom is -0.469 e. The van der Waals surface area contributed by atoms with Gasteiger partial charge in [0.1, 0.15) is 5.82 Å². The largest absolute Gasteiger partial charge is 0.469 e. The number of nitrogens with one attached hydrogen (secondary N) is 1. The zero-order valence-corrected chi connectivity index (χ0v) is 11.2. The summed E-state index contributed by atoms with van der Waals surface area (Å²) in [7, 11) is 1.38. The summed E-state index contributed by atoms with van der Waals surface area (Å²) in [6, 6.07) is 6.37. The topological polar surface area (TPSA) is 38.3 Å². The predicted octanol–water partition coefficient (Wildman–Crippen LogP) is 2.67. The fourth-order valence-corrected chi connectivity index (χ4v) is 1.78. The Kier molecular flexibility index (Phi) is 5.28. The number of carbonyl (C=O) groups excluding carboxylic acids is 1. The van der Waals surface area contributed by atoms with Crippen molar-refractivity contribution >= 4 is 5.97 Å². The average Bonchev–Trinajstić information content (AvgIpc) is 2.37. The van der Waals surface area contributed by atoms with Gasteiger partial charge in [-0.15, -0.1) is 0 Å². The van der Waals surface area contributed by atoms with Crippen LogP contribution < -0.4 is 5.32 Å². The average molecular weight is 253 g/mol. The van der Waals surface area contributed by atoms with Crippen LogP contribution in [0.1, 0.15) is 32.4 Å². The number of rotatable bonds is 5. The van der Waals surface area contributed by atoms with Crippen molar-refractivity contribution in [3.63, 3.8) is 0 Å². The van der Waals surface area contributed by atoms with Crippen molar-refractivity contribution in [2.75, 3.05) is 7.11 Å². The molecule has 1 rings (SSSR count). The molecule has 1 aromatic carbocycles. The van der Waals surface area contributed by atoms with Crippen LogP contribution in [0.25, 0.3) is 0 Å². The maximum Gasteiger partial charge on any atom is 0.309 e. The van der Waals surface area contributed by atoms with Gasteiger partial charge in [0.2, 0.25) is 0 Å². The number of halogens is 1. The Labute approximate surface area is 107 Å². The molecule has 0 bridgehead atoms. The number of carbonyl (C=O) groups is 1. The smallest absolute Gasteiger partial charge is 0.309 e. The summed E-state index contributed by atoms with van der Waals surface area (Å²) in [5, 5.41) is 3.31. The van der Waals surface area contributed by atoms with Crippen molar-refractivity contribution in [2.24, 2.45) is 5.92 Å². The monoisotopic (exact) mass is 253 g/mol. The zero-order chi connectivity index (χ0) is 13.7. The second-order valence-corrected chi connectivity index (χ2v) is 4.54. The van der Waals surface area contributed by atoms with Gasteiger partial charge in [-0.1, -0.05) is 19.1 Å². The second-order valence-electron chi connectivity index (χ2n) is 4.54. The van der Waals surface area contributed by atoms with Gasteiger partial charge in [0.05, 0.1) is 13.0 Å². The van der Waals surface area contributed by atoms with Gasteiger partial charge >= 0.3 is 5.97 Å². The number of hydrogen-bond acceptors (Lipinski definition) is 3. The molecule has 4 heteroatoms. The molecule has 2 unspecified atom stereocenters. The molecule has 0 aliphatic rings. The van der Waals surface area contributed by atoms with E-state index in [4.69, 9.17) is 4.74 Å². The van der Waals surface area contributed by atoms with E-state index in [1.807, 2.05) is 20.8 Å². The van der Waals surface area contributed by atoms with Gasteiger partial charge in [-0.3, -0.25) is 4.79 Å². The fraction of sp³-hybridized carbons (Fsp3) is 0.500. The van der Waals surface area contributed by atoms with Gasteiger partial charge in [0.15, 0.2) is 0 Å². The van der Waals surface area contributed by atoms with E-state index in [0.717, 1.165) is 5.56 Å². The number of benzene rings is 1. The summed E-state index contributed by atoms with van der Waals surface area (Å²) in [5.74, 6) is -0.707. The van der Waals surface area contributed by atoms with Gasteiger partial charge in [0.25, 0.3) is 0 Å². The lowest BCUT2D eigenvalue weighted by Gasteiger charge is -2.24. The molecule has 0 aromatic heterocycles. The first-order valence-electron chi connectivity index (χ1n) is 6.05. The van der Waals surface area contributed by atoms with Crippen LogP contribution in [0.2, 0.25) is 0 Å². The number of ether oxygens (including phenoxy) is 1. The first kappa shape index (κ1) is 14.6. The highest BCUT2D eigenvalue weighted by Gasteiger charge is 2.22. The van der Waals surface area contributed by atoms with Crippen LogP contribution in [0.15, 0.2) is 24.3 Å². The number of hydrogen-bond donors (Lipinski definition) is 1. The van der Waals surface area contributed by atoms with Gasteiger partial charge in [-0.25, -0.2) is 4.39 Å². The third-order valence-electron chi connectivity index (χ3n) is 3.21. The zero-order valence-electron chi connectivity index (χ0n) is 11.2. The lowest BCUT2D eigenvalue weighted by atomic mass is 10.0. The molecule has 0 aliphatic carbocycles. The summed E-state index contributed by atoms with van der Waals surface area (Å²) in [6.07, 6.45) is 0. The van der Waals surface area contributed by atoms with Crippen LogP contribution in [-0.2, 0) is 9.53 Å². The Morgan fingerprint density at radius 3 is 2.28 bits per heavy atom. The maximum atomic E-state index is 12.8. The Hall–Kier alpha value is -1.42. The van der Waals surface area contributed by atoms with Crippen LogP contribution in [0.3, 0.4) is 0 Å². The van der Waals surface area contributed by atoms with E-state index >= 15 is 0 Å². The van der Waals surface area contributed by atoms with E-state index in [0.29, 0.717) is 0 Å². The van der Waals surface area contributed by atoms with Gasteiger partial charge in [-0.2, -0.15) is 0 Å². The molecule has 0 spiro atoms. The quantitative estimate of drug-likeness (QED) is 0.820.